The van der Waals surface area contributed by atoms with Crippen molar-refractivity contribution >= 4 is 0 Å². The molecule has 0 aliphatic heterocycles. The second-order valence-corrected chi connectivity index (χ2v) is 3.26. The van der Waals surface area contributed by atoms with Crippen LogP contribution in [0, 0.1) is 0 Å². The Balaban J connectivity index is 2.45. The van der Waals surface area contributed by atoms with Crippen molar-refractivity contribution in [2.24, 2.45) is 11.5 Å². The highest BCUT2D eigenvalue weighted by Crippen LogP contribution is 2.22. The van der Waals surface area contributed by atoms with E-state index in [0.29, 0.717) is 6.04 Å². The third-order valence-corrected chi connectivity index (χ3v) is 2.32. The Morgan fingerprint density at radius 1 is 1.60 bits per heavy atom. The molecule has 0 amide bonds. The molecule has 2 unspecified atom stereocenters. The molecule has 1 rings (SSSR count). The predicted molar refractivity (Wildman–Crippen MR) is 42.4 cm³/mol. The van der Waals surface area contributed by atoms with Crippen molar-refractivity contribution in [1.29, 1.82) is 0 Å². The maximum Gasteiger partial charge on any atom is 0.0674 e. The van der Waals surface area contributed by atoms with Gasteiger partial charge in [-0.05, 0) is 32.7 Å². The summed E-state index contributed by atoms with van der Waals surface area (Å²) in [5.74, 6) is 0. The summed E-state index contributed by atoms with van der Waals surface area (Å²) >= 11 is 0. The molecule has 1 aliphatic rings. The molecule has 1 aliphatic carbocycles. The van der Waals surface area contributed by atoms with Crippen molar-refractivity contribution in [3.8, 4) is 0 Å². The van der Waals surface area contributed by atoms with E-state index in [1.807, 2.05) is 7.05 Å². The second kappa shape index (κ2) is 2.86. The lowest BCUT2D eigenvalue weighted by molar-refractivity contribution is 0.233. The van der Waals surface area contributed by atoms with Gasteiger partial charge in [-0.15, -0.1) is 0 Å². The van der Waals surface area contributed by atoms with Crippen LogP contribution in [-0.4, -0.2) is 18.8 Å². The van der Waals surface area contributed by atoms with E-state index < -0.39 is 0 Å². The van der Waals surface area contributed by atoms with Crippen LogP contribution in [-0.2, 0) is 0 Å². The van der Waals surface area contributed by atoms with E-state index in [9.17, 15) is 0 Å². The smallest absolute Gasteiger partial charge is 0.0674 e. The summed E-state index contributed by atoms with van der Waals surface area (Å²) in [5.41, 5.74) is 11.5. The molecule has 0 heterocycles. The highest BCUT2D eigenvalue weighted by molar-refractivity contribution is 4.88. The summed E-state index contributed by atoms with van der Waals surface area (Å²) in [6.07, 6.45) is 4.24. The van der Waals surface area contributed by atoms with Gasteiger partial charge in [0.2, 0.25) is 0 Å². The third kappa shape index (κ3) is 1.68. The van der Waals surface area contributed by atoms with Crippen molar-refractivity contribution in [3.05, 3.63) is 0 Å². The predicted octanol–water partition coefficient (Wildman–Crippen LogP) is -0.238. The minimum atomic E-state index is -0.183. The lowest BCUT2D eigenvalue weighted by atomic mass is 9.87. The molecule has 0 saturated heterocycles. The van der Waals surface area contributed by atoms with Crippen molar-refractivity contribution < 1.29 is 0 Å². The van der Waals surface area contributed by atoms with Crippen LogP contribution in [0.5, 0.6) is 0 Å². The lowest BCUT2D eigenvalue weighted by Gasteiger charge is -2.36. The van der Waals surface area contributed by atoms with Crippen molar-refractivity contribution in [1.82, 2.24) is 5.32 Å². The average molecular weight is 143 g/mol. The second-order valence-electron chi connectivity index (χ2n) is 3.26. The Labute approximate surface area is 62.2 Å². The monoisotopic (exact) mass is 143 g/mol. The van der Waals surface area contributed by atoms with E-state index in [-0.39, 0.29) is 5.66 Å². The van der Waals surface area contributed by atoms with Gasteiger partial charge in [-0.25, -0.2) is 0 Å². The molecule has 5 N–H and O–H groups in total. The fourth-order valence-electron chi connectivity index (χ4n) is 1.58. The molecule has 10 heavy (non-hydrogen) atoms. The Morgan fingerprint density at radius 2 is 2.30 bits per heavy atom. The van der Waals surface area contributed by atoms with Crippen molar-refractivity contribution in [2.75, 3.05) is 7.05 Å². The first-order valence-corrected chi connectivity index (χ1v) is 3.90. The van der Waals surface area contributed by atoms with Gasteiger partial charge in [-0.2, -0.15) is 0 Å². The molecule has 0 aromatic heterocycles. The maximum atomic E-state index is 5.96. The number of hydrogen-bond acceptors (Lipinski definition) is 3. The minimum Gasteiger partial charge on any atom is -0.328 e. The van der Waals surface area contributed by atoms with E-state index in [1.165, 1.54) is 0 Å². The Hall–Kier alpha value is -0.120. The van der Waals surface area contributed by atoms with Gasteiger partial charge in [-0.3, -0.25) is 0 Å². The normalized spacial score (nSPS) is 41.7. The minimum absolute atomic E-state index is 0.183. The largest absolute Gasteiger partial charge is 0.328 e. The summed E-state index contributed by atoms with van der Waals surface area (Å²) in [5, 5.41) is 3.11. The van der Waals surface area contributed by atoms with Gasteiger partial charge in [-0.1, -0.05) is 0 Å². The summed E-state index contributed by atoms with van der Waals surface area (Å²) in [6, 6.07) is 0.297. The molecule has 0 aromatic rings. The number of rotatable bonds is 1. The molecule has 3 nitrogen and oxygen atoms in total. The van der Waals surface area contributed by atoms with E-state index in [1.54, 1.807) is 0 Å². The van der Waals surface area contributed by atoms with Crippen LogP contribution in [0.1, 0.15) is 25.7 Å². The van der Waals surface area contributed by atoms with Crippen LogP contribution < -0.4 is 16.8 Å². The molecule has 1 saturated carbocycles. The molecule has 2 atom stereocenters. The van der Waals surface area contributed by atoms with Gasteiger partial charge >= 0.3 is 0 Å². The molecular formula is C7H17N3. The summed E-state index contributed by atoms with van der Waals surface area (Å²) in [7, 11) is 1.90. The molecule has 0 bridgehead atoms. The summed E-state index contributed by atoms with van der Waals surface area (Å²) < 4.78 is 0. The molecule has 1 fully saturated rings. The fraction of sp³-hybridized carbons (Fsp3) is 1.00. The Bertz CT molecular complexity index is 115. The average Bonchev–Trinajstić information content (AvgIpc) is 1.88. The van der Waals surface area contributed by atoms with Crippen LogP contribution in [0.3, 0.4) is 0 Å². The van der Waals surface area contributed by atoms with Gasteiger partial charge in [0.05, 0.1) is 5.66 Å². The first kappa shape index (κ1) is 7.98. The van der Waals surface area contributed by atoms with Gasteiger partial charge < -0.3 is 16.8 Å². The third-order valence-electron chi connectivity index (χ3n) is 2.32. The quantitative estimate of drug-likeness (QED) is 0.444. The zero-order valence-electron chi connectivity index (χ0n) is 6.56. The lowest BCUT2D eigenvalue weighted by Crippen LogP contribution is -2.57. The van der Waals surface area contributed by atoms with Crippen LogP contribution in [0.2, 0.25) is 0 Å². The van der Waals surface area contributed by atoms with E-state index in [2.05, 4.69) is 5.32 Å². The van der Waals surface area contributed by atoms with Crippen LogP contribution in [0.4, 0.5) is 0 Å². The van der Waals surface area contributed by atoms with Crippen LogP contribution in [0.15, 0.2) is 0 Å². The standard InChI is InChI=1S/C7H17N3/c1-10-7(9)4-2-3-6(8)5-7/h6,10H,2-5,8-9H2,1H3. The molecule has 3 heteroatoms. The number of nitrogens with two attached hydrogens (primary N) is 2. The highest BCUT2D eigenvalue weighted by Gasteiger charge is 2.28. The molecular weight excluding hydrogens is 126 g/mol. The molecule has 0 radical (unpaired) electrons. The Kier molecular flexibility index (Phi) is 2.28. The van der Waals surface area contributed by atoms with Crippen molar-refractivity contribution in [3.63, 3.8) is 0 Å². The summed E-state index contributed by atoms with van der Waals surface area (Å²) in [4.78, 5) is 0. The first-order valence-electron chi connectivity index (χ1n) is 3.90. The van der Waals surface area contributed by atoms with Gasteiger partial charge in [0.25, 0.3) is 0 Å². The van der Waals surface area contributed by atoms with Gasteiger partial charge in [0.1, 0.15) is 0 Å². The van der Waals surface area contributed by atoms with E-state index in [0.717, 1.165) is 25.7 Å². The van der Waals surface area contributed by atoms with E-state index >= 15 is 0 Å². The molecule has 60 valence electrons. The van der Waals surface area contributed by atoms with Crippen molar-refractivity contribution in [2.45, 2.75) is 37.4 Å². The SMILES string of the molecule is CNC1(N)CCCC(N)C1. The zero-order chi connectivity index (χ0) is 7.61. The maximum absolute atomic E-state index is 5.96. The van der Waals surface area contributed by atoms with Gasteiger partial charge in [0.15, 0.2) is 0 Å². The van der Waals surface area contributed by atoms with E-state index in [4.69, 9.17) is 11.5 Å². The fourth-order valence-corrected chi connectivity index (χ4v) is 1.58. The topological polar surface area (TPSA) is 64.1 Å². The molecule has 0 aromatic carbocycles. The van der Waals surface area contributed by atoms with Crippen LogP contribution >= 0.6 is 0 Å². The Morgan fingerprint density at radius 3 is 2.70 bits per heavy atom. The summed E-state index contributed by atoms with van der Waals surface area (Å²) in [6.45, 7) is 0. The zero-order valence-corrected chi connectivity index (χ0v) is 6.56. The highest BCUT2D eigenvalue weighted by atomic mass is 15.1. The van der Waals surface area contributed by atoms with Gasteiger partial charge in [0, 0.05) is 6.04 Å². The molecule has 0 spiro atoms. The number of nitrogens with one attached hydrogen (secondary N) is 1. The number of hydrogen-bond donors (Lipinski definition) is 3. The first-order chi connectivity index (χ1) is 4.66. The van der Waals surface area contributed by atoms with Crippen LogP contribution in [0.25, 0.3) is 0 Å².